The molecular weight excluding hydrogens is 496 g/mol. The number of nitrogens with one attached hydrogen (secondary N) is 3. The van der Waals surface area contributed by atoms with Gasteiger partial charge in [0.25, 0.3) is 5.91 Å². The summed E-state index contributed by atoms with van der Waals surface area (Å²) >= 11 is 1.37. The SMILES string of the molecule is COc1cc(N2CCc3nc(NC(=O)Nc4ccccc4C(=O)NC(C)(C)C#N)sc3C2)nc(OC)n1. The number of carbonyl (C=O) groups is 2. The summed E-state index contributed by atoms with van der Waals surface area (Å²) in [5, 5.41) is 17.7. The molecule has 3 amide bonds. The molecule has 0 saturated heterocycles. The fraction of sp³-hybridized carbons (Fsp3) is 0.333. The van der Waals surface area contributed by atoms with Gasteiger partial charge >= 0.3 is 12.0 Å². The van der Waals surface area contributed by atoms with Gasteiger partial charge in [-0.15, -0.1) is 0 Å². The Morgan fingerprint density at radius 2 is 1.92 bits per heavy atom. The minimum Gasteiger partial charge on any atom is -0.481 e. The third-order valence-corrected chi connectivity index (χ3v) is 6.46. The summed E-state index contributed by atoms with van der Waals surface area (Å²) in [4.78, 5) is 41.6. The highest BCUT2D eigenvalue weighted by atomic mass is 32.1. The number of hydrogen-bond donors (Lipinski definition) is 3. The normalized spacial score (nSPS) is 12.7. The average molecular weight is 523 g/mol. The van der Waals surface area contributed by atoms with Crippen molar-refractivity contribution in [1.82, 2.24) is 20.3 Å². The molecule has 192 valence electrons. The molecule has 0 bridgehead atoms. The molecule has 0 saturated carbocycles. The molecule has 12 nitrogen and oxygen atoms in total. The predicted octanol–water partition coefficient (Wildman–Crippen LogP) is 3.19. The molecule has 0 spiro atoms. The van der Waals surface area contributed by atoms with E-state index in [2.05, 4.69) is 35.8 Å². The Hall–Kier alpha value is -4.44. The first kappa shape index (κ1) is 25.6. The summed E-state index contributed by atoms with van der Waals surface area (Å²) in [6, 6.07) is 10.0. The number of aromatic nitrogens is 3. The van der Waals surface area contributed by atoms with Crippen molar-refractivity contribution in [3.8, 4) is 18.0 Å². The van der Waals surface area contributed by atoms with Crippen LogP contribution >= 0.6 is 11.3 Å². The number of hydrogen-bond acceptors (Lipinski definition) is 10. The topological polar surface area (TPSA) is 154 Å². The zero-order valence-corrected chi connectivity index (χ0v) is 21.6. The van der Waals surface area contributed by atoms with Crippen LogP contribution in [-0.4, -0.2) is 53.2 Å². The summed E-state index contributed by atoms with van der Waals surface area (Å²) in [6.45, 7) is 4.41. The van der Waals surface area contributed by atoms with Gasteiger partial charge in [0.15, 0.2) is 5.13 Å². The summed E-state index contributed by atoms with van der Waals surface area (Å²) in [7, 11) is 3.03. The zero-order valence-electron chi connectivity index (χ0n) is 20.8. The lowest BCUT2D eigenvalue weighted by atomic mass is 10.1. The summed E-state index contributed by atoms with van der Waals surface area (Å²) in [5.74, 6) is 0.607. The molecule has 0 fully saturated rings. The Morgan fingerprint density at radius 3 is 2.65 bits per heavy atom. The number of thiazole rings is 1. The maximum atomic E-state index is 12.7. The van der Waals surface area contributed by atoms with Gasteiger partial charge in [-0.05, 0) is 26.0 Å². The number of rotatable bonds is 7. The standard InChI is InChI=1S/C24H26N8O4S/c1-24(2,13-25)31-20(33)14-7-5-6-8-15(14)26-21(34)30-23-27-16-9-10-32(12-17(16)37-23)18-11-19(35-3)29-22(28-18)36-4/h5-8,11H,9-10,12H2,1-4H3,(H,31,33)(H2,26,27,30,34). The number of anilines is 3. The van der Waals surface area contributed by atoms with Crippen LogP contribution in [0, 0.1) is 11.3 Å². The molecule has 3 aromatic rings. The van der Waals surface area contributed by atoms with Crippen LogP contribution in [0.2, 0.25) is 0 Å². The lowest BCUT2D eigenvalue weighted by Crippen LogP contribution is -2.42. The van der Waals surface area contributed by atoms with Crippen molar-refractivity contribution in [1.29, 1.82) is 5.26 Å². The van der Waals surface area contributed by atoms with Crippen LogP contribution in [0.25, 0.3) is 0 Å². The van der Waals surface area contributed by atoms with Crippen molar-refractivity contribution in [2.75, 3.05) is 36.3 Å². The van der Waals surface area contributed by atoms with Crippen molar-refractivity contribution < 1.29 is 19.1 Å². The van der Waals surface area contributed by atoms with E-state index in [4.69, 9.17) is 9.47 Å². The molecule has 0 unspecified atom stereocenters. The molecule has 37 heavy (non-hydrogen) atoms. The first-order chi connectivity index (χ1) is 17.7. The molecule has 3 N–H and O–H groups in total. The highest BCUT2D eigenvalue weighted by molar-refractivity contribution is 7.15. The van der Waals surface area contributed by atoms with Crippen molar-refractivity contribution in [2.45, 2.75) is 32.4 Å². The van der Waals surface area contributed by atoms with Crippen LogP contribution in [0.4, 0.5) is 21.4 Å². The van der Waals surface area contributed by atoms with Crippen LogP contribution < -0.4 is 30.3 Å². The fourth-order valence-electron chi connectivity index (χ4n) is 3.61. The van der Waals surface area contributed by atoms with Crippen molar-refractivity contribution in [3.63, 3.8) is 0 Å². The van der Waals surface area contributed by atoms with E-state index in [1.165, 1.54) is 25.6 Å². The van der Waals surface area contributed by atoms with Crippen molar-refractivity contribution in [2.24, 2.45) is 0 Å². The third kappa shape index (κ3) is 6.04. The Balaban J connectivity index is 1.44. The molecule has 1 aromatic carbocycles. The minimum atomic E-state index is -1.05. The monoisotopic (exact) mass is 522 g/mol. The highest BCUT2D eigenvalue weighted by Gasteiger charge is 2.25. The van der Waals surface area contributed by atoms with E-state index in [0.29, 0.717) is 42.0 Å². The zero-order chi connectivity index (χ0) is 26.6. The Kier molecular flexibility index (Phi) is 7.40. The molecule has 0 aliphatic carbocycles. The Bertz CT molecular complexity index is 1340. The molecule has 1 aliphatic heterocycles. The lowest BCUT2D eigenvalue weighted by Gasteiger charge is -2.27. The number of ether oxygens (including phenoxy) is 2. The summed E-state index contributed by atoms with van der Waals surface area (Å²) < 4.78 is 10.4. The van der Waals surface area contributed by atoms with E-state index >= 15 is 0 Å². The van der Waals surface area contributed by atoms with Gasteiger partial charge in [-0.2, -0.15) is 15.2 Å². The van der Waals surface area contributed by atoms with Crippen LogP contribution in [0.15, 0.2) is 30.3 Å². The number of fused-ring (bicyclic) bond motifs is 1. The summed E-state index contributed by atoms with van der Waals surface area (Å²) in [6.07, 6.45) is 0.668. The number of nitrogens with zero attached hydrogens (tertiary/aromatic N) is 5. The largest absolute Gasteiger partial charge is 0.481 e. The van der Waals surface area contributed by atoms with Gasteiger partial charge in [-0.1, -0.05) is 23.5 Å². The molecule has 0 radical (unpaired) electrons. The number of amides is 3. The average Bonchev–Trinajstić information content (AvgIpc) is 3.29. The van der Waals surface area contributed by atoms with Gasteiger partial charge in [0, 0.05) is 23.9 Å². The van der Waals surface area contributed by atoms with Gasteiger partial charge < -0.3 is 25.0 Å². The molecule has 1 aliphatic rings. The molecular formula is C24H26N8O4S. The maximum Gasteiger partial charge on any atom is 0.325 e. The van der Waals surface area contributed by atoms with Gasteiger partial charge in [-0.25, -0.2) is 9.78 Å². The smallest absolute Gasteiger partial charge is 0.325 e. The van der Waals surface area contributed by atoms with Crippen molar-refractivity contribution in [3.05, 3.63) is 46.5 Å². The Morgan fingerprint density at radius 1 is 1.14 bits per heavy atom. The van der Waals surface area contributed by atoms with Crippen LogP contribution in [-0.2, 0) is 13.0 Å². The second-order valence-corrected chi connectivity index (χ2v) is 9.71. The molecule has 2 aromatic heterocycles. The second kappa shape index (κ2) is 10.7. The van der Waals surface area contributed by atoms with Crippen LogP contribution in [0.1, 0.15) is 34.8 Å². The summed E-state index contributed by atoms with van der Waals surface area (Å²) in [5.41, 5.74) is 0.404. The predicted molar refractivity (Wildman–Crippen MR) is 138 cm³/mol. The van der Waals surface area contributed by atoms with Gasteiger partial charge in [0.1, 0.15) is 11.4 Å². The third-order valence-electron chi connectivity index (χ3n) is 5.46. The van der Waals surface area contributed by atoms with Gasteiger partial charge in [0.2, 0.25) is 5.88 Å². The molecule has 0 atom stereocenters. The second-order valence-electron chi connectivity index (χ2n) is 8.63. The number of carbonyl (C=O) groups excluding carboxylic acids is 2. The first-order valence-electron chi connectivity index (χ1n) is 11.3. The molecule has 13 heteroatoms. The van der Waals surface area contributed by atoms with Crippen LogP contribution in [0.5, 0.6) is 11.9 Å². The molecule has 4 rings (SSSR count). The number of nitriles is 1. The Labute approximate surface area is 217 Å². The number of urea groups is 1. The minimum absolute atomic E-state index is 0.216. The van der Waals surface area contributed by atoms with Gasteiger partial charge in [-0.3, -0.25) is 10.1 Å². The maximum absolute atomic E-state index is 12.7. The van der Waals surface area contributed by atoms with E-state index < -0.39 is 17.5 Å². The fourth-order valence-corrected chi connectivity index (χ4v) is 4.63. The van der Waals surface area contributed by atoms with Crippen LogP contribution in [0.3, 0.4) is 0 Å². The quantitative estimate of drug-likeness (QED) is 0.424. The van der Waals surface area contributed by atoms with E-state index in [0.717, 1.165) is 10.6 Å². The first-order valence-corrected chi connectivity index (χ1v) is 12.1. The van der Waals surface area contributed by atoms with Crippen molar-refractivity contribution >= 4 is 39.9 Å². The number of para-hydroxylation sites is 1. The number of methoxy groups -OCH3 is 2. The van der Waals surface area contributed by atoms with E-state index in [1.807, 2.05) is 6.07 Å². The molecule has 3 heterocycles. The number of benzene rings is 1. The lowest BCUT2D eigenvalue weighted by molar-refractivity contribution is 0.0930. The van der Waals surface area contributed by atoms with E-state index in [9.17, 15) is 14.9 Å². The van der Waals surface area contributed by atoms with E-state index in [1.54, 1.807) is 44.2 Å². The van der Waals surface area contributed by atoms with E-state index in [-0.39, 0.29) is 11.6 Å². The highest BCUT2D eigenvalue weighted by Crippen LogP contribution is 2.32. The van der Waals surface area contributed by atoms with Gasteiger partial charge in [0.05, 0.1) is 43.8 Å².